The Morgan fingerprint density at radius 1 is 1.12 bits per heavy atom. The van der Waals surface area contributed by atoms with Gasteiger partial charge in [0.05, 0.1) is 6.04 Å². The van der Waals surface area contributed by atoms with Gasteiger partial charge in [0, 0.05) is 18.2 Å². The van der Waals surface area contributed by atoms with E-state index in [0.29, 0.717) is 18.5 Å². The van der Waals surface area contributed by atoms with Crippen molar-refractivity contribution in [2.45, 2.75) is 70.1 Å². The summed E-state index contributed by atoms with van der Waals surface area (Å²) < 4.78 is 0. The van der Waals surface area contributed by atoms with E-state index in [1.165, 1.54) is 6.42 Å². The minimum atomic E-state index is -1.16. The number of amides is 2. The van der Waals surface area contributed by atoms with Crippen LogP contribution in [0.1, 0.15) is 60.9 Å². The molecule has 136 valence electrons. The van der Waals surface area contributed by atoms with Crippen LogP contribution in [0.2, 0.25) is 0 Å². The van der Waals surface area contributed by atoms with Crippen LogP contribution in [0.3, 0.4) is 0 Å². The lowest BCUT2D eigenvalue weighted by Gasteiger charge is -2.30. The highest BCUT2D eigenvalue weighted by Crippen LogP contribution is 2.25. The molecular formula is C20H28N2O3. The molecule has 2 aliphatic rings. The summed E-state index contributed by atoms with van der Waals surface area (Å²) in [6, 6.07) is 7.19. The quantitative estimate of drug-likeness (QED) is 0.881. The van der Waals surface area contributed by atoms with E-state index in [1.807, 2.05) is 31.2 Å². The van der Waals surface area contributed by atoms with Crippen molar-refractivity contribution >= 4 is 11.8 Å². The van der Waals surface area contributed by atoms with Crippen molar-refractivity contribution < 1.29 is 14.7 Å². The van der Waals surface area contributed by atoms with Crippen molar-refractivity contribution in [2.75, 3.05) is 6.54 Å². The average molecular weight is 344 g/mol. The molecule has 0 bridgehead atoms. The molecule has 5 nitrogen and oxygen atoms in total. The standard InChI is InChI=1S/C20H28N2O3/c1-14-8-5-6-11-16(14)20(25)22-13-7-12-17(22)18(23)19(24)21-15-9-3-2-4-10-15/h5-6,8,11,15,17-18,23H,2-4,7,9-10,12-13H2,1H3,(H,21,24)/t17-,18?/m0/s1. The van der Waals surface area contributed by atoms with Gasteiger partial charge in [-0.05, 0) is 44.2 Å². The van der Waals surface area contributed by atoms with Gasteiger partial charge in [-0.3, -0.25) is 9.59 Å². The minimum absolute atomic E-state index is 0.0925. The molecule has 3 rings (SSSR count). The Morgan fingerprint density at radius 2 is 1.84 bits per heavy atom. The zero-order valence-electron chi connectivity index (χ0n) is 14.9. The first kappa shape index (κ1) is 17.9. The minimum Gasteiger partial charge on any atom is -0.381 e. The summed E-state index contributed by atoms with van der Waals surface area (Å²) in [5.41, 5.74) is 1.56. The van der Waals surface area contributed by atoms with Gasteiger partial charge in [0.2, 0.25) is 0 Å². The number of nitrogens with one attached hydrogen (secondary N) is 1. The highest BCUT2D eigenvalue weighted by molar-refractivity contribution is 5.96. The van der Waals surface area contributed by atoms with E-state index < -0.39 is 12.1 Å². The smallest absolute Gasteiger partial charge is 0.254 e. The summed E-state index contributed by atoms with van der Waals surface area (Å²) in [5, 5.41) is 13.6. The van der Waals surface area contributed by atoms with Crippen molar-refractivity contribution in [3.63, 3.8) is 0 Å². The van der Waals surface area contributed by atoms with Crippen molar-refractivity contribution in [3.05, 3.63) is 35.4 Å². The van der Waals surface area contributed by atoms with E-state index in [4.69, 9.17) is 0 Å². The Kier molecular flexibility index (Phi) is 5.74. The number of nitrogens with zero attached hydrogens (tertiary/aromatic N) is 1. The normalized spacial score (nSPS) is 22.6. The third-order valence-electron chi connectivity index (χ3n) is 5.52. The highest BCUT2D eigenvalue weighted by atomic mass is 16.3. The maximum atomic E-state index is 12.9. The second-order valence-electron chi connectivity index (χ2n) is 7.31. The van der Waals surface area contributed by atoms with E-state index in [9.17, 15) is 14.7 Å². The molecule has 1 aromatic carbocycles. The van der Waals surface area contributed by atoms with E-state index in [1.54, 1.807) is 4.90 Å². The molecule has 1 heterocycles. The molecule has 2 N–H and O–H groups in total. The third-order valence-corrected chi connectivity index (χ3v) is 5.52. The largest absolute Gasteiger partial charge is 0.381 e. The van der Waals surface area contributed by atoms with E-state index in [-0.39, 0.29) is 17.9 Å². The number of aliphatic hydroxyl groups excluding tert-OH is 1. The number of carbonyl (C=O) groups excluding carboxylic acids is 2. The van der Waals surface area contributed by atoms with Crippen LogP contribution in [0.5, 0.6) is 0 Å². The number of aryl methyl sites for hydroxylation is 1. The summed E-state index contributed by atoms with van der Waals surface area (Å²) in [6.07, 6.45) is 5.76. The molecule has 1 saturated carbocycles. The zero-order chi connectivity index (χ0) is 17.8. The molecule has 5 heteroatoms. The Morgan fingerprint density at radius 3 is 2.56 bits per heavy atom. The van der Waals surface area contributed by atoms with Gasteiger partial charge >= 0.3 is 0 Å². The summed E-state index contributed by atoms with van der Waals surface area (Å²) in [6.45, 7) is 2.50. The van der Waals surface area contributed by atoms with Crippen LogP contribution in [0.4, 0.5) is 0 Å². The predicted molar refractivity (Wildman–Crippen MR) is 96.3 cm³/mol. The molecule has 0 radical (unpaired) electrons. The number of benzene rings is 1. The lowest BCUT2D eigenvalue weighted by molar-refractivity contribution is -0.132. The summed E-state index contributed by atoms with van der Waals surface area (Å²) in [7, 11) is 0. The van der Waals surface area contributed by atoms with Gasteiger partial charge in [0.25, 0.3) is 11.8 Å². The number of rotatable bonds is 4. The van der Waals surface area contributed by atoms with Crippen LogP contribution in [-0.4, -0.2) is 46.6 Å². The average Bonchev–Trinajstić information content (AvgIpc) is 3.11. The van der Waals surface area contributed by atoms with E-state index >= 15 is 0 Å². The van der Waals surface area contributed by atoms with Gasteiger partial charge < -0.3 is 15.3 Å². The van der Waals surface area contributed by atoms with Crippen molar-refractivity contribution in [1.82, 2.24) is 10.2 Å². The molecule has 1 unspecified atom stereocenters. The Labute approximate surface area is 149 Å². The molecule has 0 aromatic heterocycles. The number of hydrogen-bond donors (Lipinski definition) is 2. The fraction of sp³-hybridized carbons (Fsp3) is 0.600. The Balaban J connectivity index is 1.66. The Hall–Kier alpha value is -1.88. The zero-order valence-corrected chi connectivity index (χ0v) is 14.9. The molecule has 2 fully saturated rings. The number of hydrogen-bond acceptors (Lipinski definition) is 3. The summed E-state index contributed by atoms with van der Waals surface area (Å²) in [5.74, 6) is -0.425. The van der Waals surface area contributed by atoms with Crippen LogP contribution in [-0.2, 0) is 4.79 Å². The fourth-order valence-electron chi connectivity index (χ4n) is 4.05. The van der Waals surface area contributed by atoms with Crippen molar-refractivity contribution in [2.24, 2.45) is 0 Å². The molecule has 2 atom stereocenters. The first-order valence-corrected chi connectivity index (χ1v) is 9.43. The topological polar surface area (TPSA) is 69.6 Å². The summed E-state index contributed by atoms with van der Waals surface area (Å²) in [4.78, 5) is 27.0. The number of aliphatic hydroxyl groups is 1. The molecule has 1 aliphatic heterocycles. The number of carbonyl (C=O) groups is 2. The van der Waals surface area contributed by atoms with Crippen LogP contribution in [0.15, 0.2) is 24.3 Å². The molecular weight excluding hydrogens is 316 g/mol. The third kappa shape index (κ3) is 4.03. The molecule has 1 aromatic rings. The molecule has 25 heavy (non-hydrogen) atoms. The molecule has 1 aliphatic carbocycles. The van der Waals surface area contributed by atoms with Gasteiger partial charge in [-0.1, -0.05) is 37.5 Å². The van der Waals surface area contributed by atoms with Crippen LogP contribution < -0.4 is 5.32 Å². The van der Waals surface area contributed by atoms with Crippen LogP contribution in [0, 0.1) is 6.92 Å². The lowest BCUT2D eigenvalue weighted by atomic mass is 9.95. The second-order valence-corrected chi connectivity index (χ2v) is 7.31. The second kappa shape index (κ2) is 8.00. The number of likely N-dealkylation sites (tertiary alicyclic amines) is 1. The first-order valence-electron chi connectivity index (χ1n) is 9.43. The lowest BCUT2D eigenvalue weighted by Crippen LogP contribution is -2.52. The molecule has 0 spiro atoms. The fourth-order valence-corrected chi connectivity index (χ4v) is 4.05. The van der Waals surface area contributed by atoms with Gasteiger partial charge in [-0.15, -0.1) is 0 Å². The maximum Gasteiger partial charge on any atom is 0.254 e. The molecule has 1 saturated heterocycles. The monoisotopic (exact) mass is 344 g/mol. The van der Waals surface area contributed by atoms with Gasteiger partial charge in [-0.2, -0.15) is 0 Å². The first-order chi connectivity index (χ1) is 12.1. The van der Waals surface area contributed by atoms with Gasteiger partial charge in [-0.25, -0.2) is 0 Å². The van der Waals surface area contributed by atoms with Crippen molar-refractivity contribution in [3.8, 4) is 0 Å². The summed E-state index contributed by atoms with van der Waals surface area (Å²) >= 11 is 0. The highest BCUT2D eigenvalue weighted by Gasteiger charge is 2.38. The molecule has 2 amide bonds. The van der Waals surface area contributed by atoms with Gasteiger partial charge in [0.15, 0.2) is 6.10 Å². The van der Waals surface area contributed by atoms with E-state index in [2.05, 4.69) is 5.32 Å². The van der Waals surface area contributed by atoms with Crippen LogP contribution >= 0.6 is 0 Å². The van der Waals surface area contributed by atoms with Crippen LogP contribution in [0.25, 0.3) is 0 Å². The van der Waals surface area contributed by atoms with Gasteiger partial charge in [0.1, 0.15) is 0 Å². The SMILES string of the molecule is Cc1ccccc1C(=O)N1CCC[C@H]1C(O)C(=O)NC1CCCCC1. The predicted octanol–water partition coefficient (Wildman–Crippen LogP) is 2.41. The maximum absolute atomic E-state index is 12.9. The van der Waals surface area contributed by atoms with Crippen molar-refractivity contribution in [1.29, 1.82) is 0 Å². The Bertz CT molecular complexity index is 625. The van der Waals surface area contributed by atoms with E-state index in [0.717, 1.165) is 37.7 Å².